The molecule has 0 radical (unpaired) electrons. The Labute approximate surface area is 62.6 Å². The van der Waals surface area contributed by atoms with Crippen molar-refractivity contribution < 1.29 is 24.5 Å². The average molecular weight is 158 g/mol. The highest BCUT2D eigenvalue weighted by molar-refractivity contribution is 5.74. The Morgan fingerprint density at radius 1 is 1.09 bits per heavy atom. The highest BCUT2D eigenvalue weighted by Crippen LogP contribution is 2.18. The molecule has 62 valence electrons. The Hall–Kier alpha value is -1.10. The first-order chi connectivity index (χ1) is 5.11. The second kappa shape index (κ2) is 2.87. The van der Waals surface area contributed by atoms with Gasteiger partial charge in [0.2, 0.25) is 0 Å². The molecule has 0 aliphatic carbocycles. The van der Waals surface area contributed by atoms with Crippen molar-refractivity contribution in [1.29, 1.82) is 0 Å². The fourth-order valence-corrected chi connectivity index (χ4v) is 0.984. The zero-order chi connectivity index (χ0) is 8.43. The van der Waals surface area contributed by atoms with Crippen LogP contribution in [0.5, 0.6) is 0 Å². The van der Waals surface area contributed by atoms with E-state index in [0.717, 1.165) is 0 Å². The van der Waals surface area contributed by atoms with Gasteiger partial charge in [0, 0.05) is 0 Å². The third kappa shape index (κ3) is 1.68. The minimum atomic E-state index is -1.37. The maximum atomic E-state index is 10.1. The van der Waals surface area contributed by atoms with E-state index in [-0.39, 0.29) is 12.8 Å². The van der Waals surface area contributed by atoms with Crippen molar-refractivity contribution in [3.63, 3.8) is 0 Å². The summed E-state index contributed by atoms with van der Waals surface area (Å²) in [6, 6.07) is 0. The molecule has 1 rings (SSSR count). The molecule has 1 saturated heterocycles. The molecule has 1 aliphatic rings. The van der Waals surface area contributed by atoms with E-state index in [4.69, 9.17) is 0 Å². The fourth-order valence-electron chi connectivity index (χ4n) is 0.984. The summed E-state index contributed by atoms with van der Waals surface area (Å²) in [5.41, 5.74) is 0. The van der Waals surface area contributed by atoms with Crippen LogP contribution in [0.3, 0.4) is 0 Å². The molecular formula is C6H6O5-2. The summed E-state index contributed by atoms with van der Waals surface area (Å²) in [5, 5.41) is 20.2. The standard InChI is InChI=1S/C6H8O5/c7-5(8)3-1-2-4(11-3)6(9)10/h3-4H,1-2H2,(H,7,8)(H,9,10)/p-2/t3-,4+. The number of hydrogen-bond acceptors (Lipinski definition) is 5. The highest BCUT2D eigenvalue weighted by atomic mass is 16.5. The van der Waals surface area contributed by atoms with Crippen molar-refractivity contribution in [3.8, 4) is 0 Å². The number of carbonyl (C=O) groups is 2. The average Bonchev–Trinajstić information content (AvgIpc) is 2.33. The molecule has 11 heavy (non-hydrogen) atoms. The van der Waals surface area contributed by atoms with Crippen LogP contribution in [0, 0.1) is 0 Å². The molecule has 1 fully saturated rings. The molecular weight excluding hydrogens is 152 g/mol. The van der Waals surface area contributed by atoms with Crippen LogP contribution in [0.25, 0.3) is 0 Å². The van der Waals surface area contributed by atoms with E-state index in [1.165, 1.54) is 0 Å². The van der Waals surface area contributed by atoms with Crippen LogP contribution < -0.4 is 10.2 Å². The summed E-state index contributed by atoms with van der Waals surface area (Å²) in [7, 11) is 0. The van der Waals surface area contributed by atoms with Crippen LogP contribution in [0.4, 0.5) is 0 Å². The van der Waals surface area contributed by atoms with Gasteiger partial charge < -0.3 is 24.5 Å². The monoisotopic (exact) mass is 158 g/mol. The molecule has 1 heterocycles. The van der Waals surface area contributed by atoms with Crippen LogP contribution in [0.15, 0.2) is 0 Å². The molecule has 0 amide bonds. The third-order valence-corrected chi connectivity index (χ3v) is 1.55. The Bertz CT molecular complexity index is 167. The summed E-state index contributed by atoms with van der Waals surface area (Å²) in [5.74, 6) is -2.73. The largest absolute Gasteiger partial charge is 0.547 e. The van der Waals surface area contributed by atoms with Crippen molar-refractivity contribution in [2.75, 3.05) is 0 Å². The number of ether oxygens (including phenoxy) is 1. The van der Waals surface area contributed by atoms with Crippen LogP contribution in [-0.4, -0.2) is 24.1 Å². The summed E-state index contributed by atoms with van der Waals surface area (Å²) in [6.07, 6.45) is -1.81. The Balaban J connectivity index is 2.47. The predicted octanol–water partition coefficient (Wildman–Crippen LogP) is -2.97. The van der Waals surface area contributed by atoms with E-state index in [9.17, 15) is 19.8 Å². The number of rotatable bonds is 2. The van der Waals surface area contributed by atoms with Crippen molar-refractivity contribution >= 4 is 11.9 Å². The number of hydrogen-bond donors (Lipinski definition) is 0. The summed E-state index contributed by atoms with van der Waals surface area (Å²) < 4.78 is 4.56. The molecule has 0 aromatic heterocycles. The molecule has 5 nitrogen and oxygen atoms in total. The Kier molecular flexibility index (Phi) is 2.09. The van der Waals surface area contributed by atoms with E-state index in [2.05, 4.69) is 4.74 Å². The first-order valence-corrected chi connectivity index (χ1v) is 3.18. The lowest BCUT2D eigenvalue weighted by molar-refractivity contribution is -0.324. The van der Waals surface area contributed by atoms with Crippen LogP contribution in [0.2, 0.25) is 0 Å². The Morgan fingerprint density at radius 3 is 1.64 bits per heavy atom. The van der Waals surface area contributed by atoms with Gasteiger partial charge in [0.25, 0.3) is 0 Å². The molecule has 1 aliphatic heterocycles. The topological polar surface area (TPSA) is 89.5 Å². The number of carboxylic acids is 2. The second-order valence-electron chi connectivity index (χ2n) is 2.33. The van der Waals surface area contributed by atoms with Gasteiger partial charge in [0.05, 0.1) is 24.1 Å². The molecule has 2 atom stereocenters. The van der Waals surface area contributed by atoms with E-state index < -0.39 is 24.1 Å². The van der Waals surface area contributed by atoms with Gasteiger partial charge in [-0.05, 0) is 12.8 Å². The highest BCUT2D eigenvalue weighted by Gasteiger charge is 2.26. The van der Waals surface area contributed by atoms with Gasteiger partial charge in [-0.1, -0.05) is 0 Å². The number of aliphatic carboxylic acids is 2. The number of carbonyl (C=O) groups excluding carboxylic acids is 2. The summed E-state index contributed by atoms with van der Waals surface area (Å²) in [6.45, 7) is 0. The minimum Gasteiger partial charge on any atom is -0.547 e. The zero-order valence-electron chi connectivity index (χ0n) is 5.61. The lowest BCUT2D eigenvalue weighted by atomic mass is 10.2. The normalized spacial score (nSPS) is 30.2. The molecule has 0 spiro atoms. The molecule has 0 N–H and O–H groups in total. The van der Waals surface area contributed by atoms with Gasteiger partial charge in [0.1, 0.15) is 0 Å². The molecule has 0 aromatic rings. The van der Waals surface area contributed by atoms with Crippen molar-refractivity contribution in [2.45, 2.75) is 25.0 Å². The molecule has 0 bridgehead atoms. The second-order valence-corrected chi connectivity index (χ2v) is 2.33. The number of carboxylic acid groups (broad SMARTS) is 2. The molecule has 0 aromatic carbocycles. The smallest absolute Gasteiger partial charge is 0.0978 e. The SMILES string of the molecule is O=C([O-])[C@@H]1CC[C@H](C(=O)[O-])O1. The quantitative estimate of drug-likeness (QED) is 0.428. The zero-order valence-corrected chi connectivity index (χ0v) is 5.61. The van der Waals surface area contributed by atoms with E-state index >= 15 is 0 Å². The molecule has 5 heteroatoms. The first kappa shape index (κ1) is 8.00. The van der Waals surface area contributed by atoms with Gasteiger partial charge in [-0.25, -0.2) is 0 Å². The Morgan fingerprint density at radius 2 is 1.45 bits per heavy atom. The van der Waals surface area contributed by atoms with Crippen LogP contribution in [-0.2, 0) is 14.3 Å². The first-order valence-electron chi connectivity index (χ1n) is 3.18. The lowest BCUT2D eigenvalue weighted by Crippen LogP contribution is -2.39. The maximum Gasteiger partial charge on any atom is 0.0978 e. The lowest BCUT2D eigenvalue weighted by Gasteiger charge is -2.14. The van der Waals surface area contributed by atoms with E-state index in [0.29, 0.717) is 0 Å². The van der Waals surface area contributed by atoms with Crippen molar-refractivity contribution in [1.82, 2.24) is 0 Å². The van der Waals surface area contributed by atoms with Gasteiger partial charge in [-0.3, -0.25) is 0 Å². The molecule has 0 saturated carbocycles. The van der Waals surface area contributed by atoms with Crippen molar-refractivity contribution in [3.05, 3.63) is 0 Å². The summed E-state index contributed by atoms with van der Waals surface area (Å²) >= 11 is 0. The van der Waals surface area contributed by atoms with Gasteiger partial charge in [-0.15, -0.1) is 0 Å². The van der Waals surface area contributed by atoms with Gasteiger partial charge in [-0.2, -0.15) is 0 Å². The van der Waals surface area contributed by atoms with Crippen LogP contribution in [0.1, 0.15) is 12.8 Å². The third-order valence-electron chi connectivity index (χ3n) is 1.55. The molecule has 0 unspecified atom stereocenters. The minimum absolute atomic E-state index is 0.182. The predicted molar refractivity (Wildman–Crippen MR) is 27.9 cm³/mol. The van der Waals surface area contributed by atoms with E-state index in [1.54, 1.807) is 0 Å². The van der Waals surface area contributed by atoms with Crippen LogP contribution >= 0.6 is 0 Å². The van der Waals surface area contributed by atoms with Gasteiger partial charge >= 0.3 is 0 Å². The van der Waals surface area contributed by atoms with Crippen molar-refractivity contribution in [2.24, 2.45) is 0 Å². The fraction of sp³-hybridized carbons (Fsp3) is 0.667. The van der Waals surface area contributed by atoms with Gasteiger partial charge in [0.15, 0.2) is 0 Å². The van der Waals surface area contributed by atoms with E-state index in [1.807, 2.05) is 0 Å². The summed E-state index contributed by atoms with van der Waals surface area (Å²) in [4.78, 5) is 20.2. The maximum absolute atomic E-state index is 10.1.